The van der Waals surface area contributed by atoms with Crippen LogP contribution in [0.4, 0.5) is 0 Å². The van der Waals surface area contributed by atoms with E-state index in [0.29, 0.717) is 5.78 Å². The molecule has 0 atom stereocenters. The molecule has 0 amide bonds. The molecular weight excluding hydrogens is 294 g/mol. The summed E-state index contributed by atoms with van der Waals surface area (Å²) in [5, 5.41) is 6.34. The number of pyridine rings is 1. The lowest BCUT2D eigenvalue weighted by molar-refractivity contribution is 0.879. The average Bonchev–Trinajstić information content (AvgIpc) is 2.95. The van der Waals surface area contributed by atoms with Gasteiger partial charge in [0.1, 0.15) is 0 Å². The van der Waals surface area contributed by atoms with Gasteiger partial charge in [0.25, 0.3) is 5.78 Å². The van der Waals surface area contributed by atoms with Gasteiger partial charge in [-0.25, -0.2) is 9.50 Å². The summed E-state index contributed by atoms with van der Waals surface area (Å²) in [4.78, 5) is 13.2. The van der Waals surface area contributed by atoms with Crippen molar-refractivity contribution in [1.29, 1.82) is 0 Å². The highest BCUT2D eigenvalue weighted by atomic mass is 32.2. The normalized spacial score (nSPS) is 11.3. The lowest BCUT2D eigenvalue weighted by atomic mass is 10.1. The second-order valence-corrected chi connectivity index (χ2v) is 5.93. The molecule has 108 valence electrons. The fraction of sp³-hybridized carbons (Fsp3) is 0.125. The Morgan fingerprint density at radius 1 is 1.14 bits per heavy atom. The summed E-state index contributed by atoms with van der Waals surface area (Å²) in [6.45, 7) is 2.02. The minimum absolute atomic E-state index is 0.626. The SMILES string of the molecule is Cc1cc(CSc2nc3ncccn3n2)c2ccccc2n1. The fourth-order valence-corrected chi connectivity index (χ4v) is 3.25. The van der Waals surface area contributed by atoms with Crippen LogP contribution in [-0.2, 0) is 5.75 Å². The van der Waals surface area contributed by atoms with Gasteiger partial charge in [0, 0.05) is 29.2 Å². The summed E-state index contributed by atoms with van der Waals surface area (Å²) in [5.74, 6) is 1.43. The molecule has 4 aromatic rings. The van der Waals surface area contributed by atoms with Crippen molar-refractivity contribution in [1.82, 2.24) is 24.6 Å². The number of hydrogen-bond acceptors (Lipinski definition) is 5. The van der Waals surface area contributed by atoms with E-state index in [9.17, 15) is 0 Å². The molecule has 6 heteroatoms. The molecule has 1 aromatic carbocycles. The number of para-hydroxylation sites is 1. The van der Waals surface area contributed by atoms with Crippen molar-refractivity contribution in [2.24, 2.45) is 0 Å². The standard InChI is InChI=1S/C16H13N5S/c1-11-9-12(13-5-2-3-6-14(13)18-11)10-22-16-19-15-17-7-4-8-21(15)20-16/h2-9H,10H2,1H3. The molecule has 0 saturated carbocycles. The fourth-order valence-electron chi connectivity index (χ4n) is 2.43. The molecule has 0 aliphatic heterocycles. The van der Waals surface area contributed by atoms with E-state index in [1.54, 1.807) is 22.5 Å². The van der Waals surface area contributed by atoms with Gasteiger partial charge in [0.15, 0.2) is 0 Å². The van der Waals surface area contributed by atoms with Crippen LogP contribution in [0.3, 0.4) is 0 Å². The van der Waals surface area contributed by atoms with E-state index in [-0.39, 0.29) is 0 Å². The molecule has 0 aliphatic carbocycles. The molecular formula is C16H13N5S. The first kappa shape index (κ1) is 13.2. The summed E-state index contributed by atoms with van der Waals surface area (Å²) >= 11 is 1.61. The van der Waals surface area contributed by atoms with E-state index in [4.69, 9.17) is 0 Å². The third-order valence-corrected chi connectivity index (χ3v) is 4.27. The highest BCUT2D eigenvalue weighted by Crippen LogP contribution is 2.25. The van der Waals surface area contributed by atoms with Crippen LogP contribution in [0.1, 0.15) is 11.3 Å². The van der Waals surface area contributed by atoms with Gasteiger partial charge in [-0.15, -0.1) is 5.10 Å². The number of rotatable bonds is 3. The lowest BCUT2D eigenvalue weighted by Crippen LogP contribution is -1.91. The highest BCUT2D eigenvalue weighted by Gasteiger charge is 2.08. The molecule has 0 radical (unpaired) electrons. The molecule has 22 heavy (non-hydrogen) atoms. The molecule has 5 nitrogen and oxygen atoms in total. The maximum absolute atomic E-state index is 4.57. The van der Waals surface area contributed by atoms with Gasteiger partial charge in [-0.3, -0.25) is 4.98 Å². The van der Waals surface area contributed by atoms with Crippen molar-refractivity contribution in [3.05, 3.63) is 60.0 Å². The van der Waals surface area contributed by atoms with Crippen LogP contribution in [0.15, 0.2) is 53.9 Å². The van der Waals surface area contributed by atoms with Gasteiger partial charge in [0.2, 0.25) is 5.16 Å². The molecule has 0 unspecified atom stereocenters. The largest absolute Gasteiger partial charge is 0.253 e. The zero-order chi connectivity index (χ0) is 14.9. The molecule has 0 bridgehead atoms. The maximum Gasteiger partial charge on any atom is 0.253 e. The van der Waals surface area contributed by atoms with Crippen molar-refractivity contribution in [2.45, 2.75) is 17.8 Å². The number of fused-ring (bicyclic) bond motifs is 2. The minimum atomic E-state index is 0.626. The lowest BCUT2D eigenvalue weighted by Gasteiger charge is -2.06. The van der Waals surface area contributed by atoms with Crippen LogP contribution >= 0.6 is 11.8 Å². The quantitative estimate of drug-likeness (QED) is 0.544. The Kier molecular flexibility index (Phi) is 3.23. The third kappa shape index (κ3) is 2.42. The van der Waals surface area contributed by atoms with E-state index in [1.165, 1.54) is 10.9 Å². The second-order valence-electron chi connectivity index (χ2n) is 4.99. The Bertz CT molecular complexity index is 930. The monoisotopic (exact) mass is 307 g/mol. The van der Waals surface area contributed by atoms with Gasteiger partial charge < -0.3 is 0 Å². The number of aromatic nitrogens is 5. The minimum Gasteiger partial charge on any atom is -0.253 e. The summed E-state index contributed by atoms with van der Waals surface area (Å²) in [6, 6.07) is 12.2. The van der Waals surface area contributed by atoms with Crippen LogP contribution in [0.25, 0.3) is 16.7 Å². The van der Waals surface area contributed by atoms with Gasteiger partial charge >= 0.3 is 0 Å². The molecule has 3 heterocycles. The van der Waals surface area contributed by atoms with Crippen LogP contribution < -0.4 is 0 Å². The summed E-state index contributed by atoms with van der Waals surface area (Å²) < 4.78 is 1.69. The number of hydrogen-bond donors (Lipinski definition) is 0. The van der Waals surface area contributed by atoms with Gasteiger partial charge in [0.05, 0.1) is 5.52 Å². The Morgan fingerprint density at radius 3 is 2.95 bits per heavy atom. The number of aryl methyl sites for hydroxylation is 1. The van der Waals surface area contributed by atoms with Crippen LogP contribution in [0.2, 0.25) is 0 Å². The Labute approximate surface area is 131 Å². The van der Waals surface area contributed by atoms with E-state index >= 15 is 0 Å². The molecule has 4 rings (SSSR count). The molecule has 0 spiro atoms. The summed E-state index contributed by atoms with van der Waals surface area (Å²) in [6.07, 6.45) is 3.57. The predicted octanol–water partition coefficient (Wildman–Crippen LogP) is 3.27. The molecule has 0 fully saturated rings. The van der Waals surface area contributed by atoms with Crippen LogP contribution in [0, 0.1) is 6.92 Å². The van der Waals surface area contributed by atoms with E-state index in [2.05, 4.69) is 32.2 Å². The van der Waals surface area contributed by atoms with Gasteiger partial charge in [-0.1, -0.05) is 30.0 Å². The van der Waals surface area contributed by atoms with Crippen molar-refractivity contribution in [3.63, 3.8) is 0 Å². The van der Waals surface area contributed by atoms with Gasteiger partial charge in [-0.2, -0.15) is 4.98 Å². The molecule has 0 aliphatic rings. The third-order valence-electron chi connectivity index (χ3n) is 3.38. The van der Waals surface area contributed by atoms with E-state index in [1.807, 2.05) is 37.4 Å². The van der Waals surface area contributed by atoms with Crippen LogP contribution in [-0.4, -0.2) is 24.6 Å². The van der Waals surface area contributed by atoms with Crippen LogP contribution in [0.5, 0.6) is 0 Å². The summed E-state index contributed by atoms with van der Waals surface area (Å²) in [5.41, 5.74) is 3.31. The second kappa shape index (κ2) is 5.38. The van der Waals surface area contributed by atoms with Crippen molar-refractivity contribution in [2.75, 3.05) is 0 Å². The van der Waals surface area contributed by atoms with E-state index in [0.717, 1.165) is 22.1 Å². The Balaban J connectivity index is 1.66. The first-order chi connectivity index (χ1) is 10.8. The Hall–Kier alpha value is -2.47. The number of benzene rings is 1. The topological polar surface area (TPSA) is 56.0 Å². The van der Waals surface area contributed by atoms with Crippen molar-refractivity contribution in [3.8, 4) is 0 Å². The average molecular weight is 307 g/mol. The molecule has 3 aromatic heterocycles. The molecule has 0 saturated heterocycles. The number of nitrogens with zero attached hydrogens (tertiary/aromatic N) is 5. The molecule has 0 N–H and O–H groups in total. The predicted molar refractivity (Wildman–Crippen MR) is 86.8 cm³/mol. The van der Waals surface area contributed by atoms with Crippen molar-refractivity contribution >= 4 is 28.4 Å². The zero-order valence-electron chi connectivity index (χ0n) is 12.0. The smallest absolute Gasteiger partial charge is 0.253 e. The first-order valence-corrected chi connectivity index (χ1v) is 7.93. The van der Waals surface area contributed by atoms with Gasteiger partial charge in [-0.05, 0) is 30.7 Å². The number of thioether (sulfide) groups is 1. The van der Waals surface area contributed by atoms with E-state index < -0.39 is 0 Å². The highest BCUT2D eigenvalue weighted by molar-refractivity contribution is 7.98. The Morgan fingerprint density at radius 2 is 2.05 bits per heavy atom. The van der Waals surface area contributed by atoms with Crippen molar-refractivity contribution < 1.29 is 0 Å². The summed E-state index contributed by atoms with van der Waals surface area (Å²) in [7, 11) is 0. The maximum atomic E-state index is 4.57. The first-order valence-electron chi connectivity index (χ1n) is 6.95. The zero-order valence-corrected chi connectivity index (χ0v) is 12.8.